The molecular weight excluding hydrogens is 230 g/mol. The van der Waals surface area contributed by atoms with Crippen molar-refractivity contribution >= 4 is 0 Å². The van der Waals surface area contributed by atoms with Gasteiger partial charge in [-0.3, -0.25) is 0 Å². The molecule has 0 heterocycles. The van der Waals surface area contributed by atoms with Crippen LogP contribution in [0.15, 0.2) is 18.2 Å². The van der Waals surface area contributed by atoms with Gasteiger partial charge in [-0.15, -0.1) is 0 Å². The predicted molar refractivity (Wildman–Crippen MR) is 59.6 cm³/mol. The van der Waals surface area contributed by atoms with Gasteiger partial charge in [0.05, 0.1) is 13.2 Å². The number of alkyl halides is 2. The Hall–Kier alpha value is -1.36. The first kappa shape index (κ1) is 13.7. The van der Waals surface area contributed by atoms with Gasteiger partial charge in [0.2, 0.25) is 0 Å². The zero-order valence-electron chi connectivity index (χ0n) is 9.66. The molecule has 0 spiro atoms. The number of rotatable bonds is 7. The molecule has 1 rings (SSSR count). The number of aliphatic hydroxyl groups is 1. The summed E-state index contributed by atoms with van der Waals surface area (Å²) in [6.07, 6.45) is -1.68. The van der Waals surface area contributed by atoms with E-state index < -0.39 is 13.0 Å². The van der Waals surface area contributed by atoms with Crippen molar-refractivity contribution in [1.82, 2.24) is 0 Å². The van der Waals surface area contributed by atoms with Gasteiger partial charge < -0.3 is 14.6 Å². The zero-order chi connectivity index (χ0) is 12.7. The first-order valence-electron chi connectivity index (χ1n) is 5.45. The number of hydrogen-bond donors (Lipinski definition) is 1. The summed E-state index contributed by atoms with van der Waals surface area (Å²) in [5.74, 6) is 0.787. The van der Waals surface area contributed by atoms with Crippen LogP contribution in [-0.2, 0) is 6.61 Å². The molecule has 1 aromatic carbocycles. The third-order valence-corrected chi connectivity index (χ3v) is 2.05. The van der Waals surface area contributed by atoms with Crippen molar-refractivity contribution in [1.29, 1.82) is 0 Å². The lowest BCUT2D eigenvalue weighted by atomic mass is 10.2. The second kappa shape index (κ2) is 7.06. The zero-order valence-corrected chi connectivity index (χ0v) is 9.66. The SMILES string of the molecule is CCCOc1ccc(CO)c(OCC(F)F)c1. The molecule has 0 fully saturated rings. The minimum absolute atomic E-state index is 0.237. The highest BCUT2D eigenvalue weighted by atomic mass is 19.3. The lowest BCUT2D eigenvalue weighted by Gasteiger charge is -2.12. The topological polar surface area (TPSA) is 38.7 Å². The van der Waals surface area contributed by atoms with Crippen LogP contribution in [0.3, 0.4) is 0 Å². The predicted octanol–water partition coefficient (Wildman–Crippen LogP) is 2.61. The van der Waals surface area contributed by atoms with Crippen molar-refractivity contribution < 1.29 is 23.4 Å². The quantitative estimate of drug-likeness (QED) is 0.803. The molecule has 0 radical (unpaired) electrons. The van der Waals surface area contributed by atoms with E-state index in [4.69, 9.17) is 14.6 Å². The van der Waals surface area contributed by atoms with Crippen molar-refractivity contribution in [3.63, 3.8) is 0 Å². The third kappa shape index (κ3) is 4.56. The molecule has 0 unspecified atom stereocenters. The van der Waals surface area contributed by atoms with Crippen LogP contribution in [0, 0.1) is 0 Å². The van der Waals surface area contributed by atoms with Crippen molar-refractivity contribution in [2.75, 3.05) is 13.2 Å². The van der Waals surface area contributed by atoms with Gasteiger partial charge in [-0.05, 0) is 18.6 Å². The van der Waals surface area contributed by atoms with Crippen LogP contribution in [0.25, 0.3) is 0 Å². The molecule has 96 valence electrons. The fourth-order valence-electron chi connectivity index (χ4n) is 1.26. The van der Waals surface area contributed by atoms with Crippen LogP contribution in [-0.4, -0.2) is 24.7 Å². The summed E-state index contributed by atoms with van der Waals surface area (Å²) in [5.41, 5.74) is 0.467. The minimum atomic E-state index is -2.54. The summed E-state index contributed by atoms with van der Waals surface area (Å²) in [5, 5.41) is 9.04. The van der Waals surface area contributed by atoms with E-state index in [1.54, 1.807) is 12.1 Å². The summed E-state index contributed by atoms with van der Waals surface area (Å²) in [7, 11) is 0. The van der Waals surface area contributed by atoms with Crippen molar-refractivity contribution in [2.24, 2.45) is 0 Å². The monoisotopic (exact) mass is 246 g/mol. The Morgan fingerprint density at radius 3 is 2.65 bits per heavy atom. The van der Waals surface area contributed by atoms with Crippen molar-refractivity contribution in [3.05, 3.63) is 23.8 Å². The van der Waals surface area contributed by atoms with Crippen LogP contribution < -0.4 is 9.47 Å². The molecule has 0 aliphatic rings. The minimum Gasteiger partial charge on any atom is -0.493 e. The van der Waals surface area contributed by atoms with E-state index in [1.807, 2.05) is 6.92 Å². The molecule has 0 bridgehead atoms. The molecule has 0 amide bonds. The number of hydrogen-bond acceptors (Lipinski definition) is 3. The lowest BCUT2D eigenvalue weighted by Crippen LogP contribution is -2.08. The molecule has 0 aliphatic heterocycles. The average molecular weight is 246 g/mol. The van der Waals surface area contributed by atoms with E-state index in [9.17, 15) is 8.78 Å². The van der Waals surface area contributed by atoms with Crippen LogP contribution in [0.1, 0.15) is 18.9 Å². The van der Waals surface area contributed by atoms with Gasteiger partial charge in [-0.25, -0.2) is 8.78 Å². The van der Waals surface area contributed by atoms with Gasteiger partial charge in [0.1, 0.15) is 18.1 Å². The van der Waals surface area contributed by atoms with E-state index in [-0.39, 0.29) is 12.4 Å². The highest BCUT2D eigenvalue weighted by Crippen LogP contribution is 2.25. The second-order valence-electron chi connectivity index (χ2n) is 3.48. The van der Waals surface area contributed by atoms with Crippen LogP contribution in [0.5, 0.6) is 11.5 Å². The maximum absolute atomic E-state index is 12.0. The standard InChI is InChI=1S/C12H16F2O3/c1-2-5-16-10-4-3-9(7-15)11(6-10)17-8-12(13)14/h3-4,6,12,15H,2,5,7-8H2,1H3. The van der Waals surface area contributed by atoms with E-state index in [0.717, 1.165) is 6.42 Å². The smallest absolute Gasteiger partial charge is 0.272 e. The van der Waals surface area contributed by atoms with Gasteiger partial charge in [0, 0.05) is 11.6 Å². The molecule has 17 heavy (non-hydrogen) atoms. The Morgan fingerprint density at radius 1 is 1.29 bits per heavy atom. The first-order valence-corrected chi connectivity index (χ1v) is 5.45. The van der Waals surface area contributed by atoms with Gasteiger partial charge >= 0.3 is 0 Å². The van der Waals surface area contributed by atoms with Crippen LogP contribution in [0.2, 0.25) is 0 Å². The molecule has 1 aromatic rings. The molecule has 0 saturated carbocycles. The molecule has 1 N–H and O–H groups in total. The summed E-state index contributed by atoms with van der Waals surface area (Å²) >= 11 is 0. The molecule has 0 atom stereocenters. The average Bonchev–Trinajstić information content (AvgIpc) is 2.33. The molecule has 5 heteroatoms. The number of aliphatic hydroxyl groups excluding tert-OH is 1. The largest absolute Gasteiger partial charge is 0.493 e. The van der Waals surface area contributed by atoms with Crippen LogP contribution >= 0.6 is 0 Å². The van der Waals surface area contributed by atoms with Gasteiger partial charge in [-0.2, -0.15) is 0 Å². The van der Waals surface area contributed by atoms with Crippen molar-refractivity contribution in [3.8, 4) is 11.5 Å². The third-order valence-electron chi connectivity index (χ3n) is 2.05. The molecular formula is C12H16F2O3. The summed E-state index contributed by atoms with van der Waals surface area (Å²) in [4.78, 5) is 0. The second-order valence-corrected chi connectivity index (χ2v) is 3.48. The maximum Gasteiger partial charge on any atom is 0.272 e. The Morgan fingerprint density at radius 2 is 2.06 bits per heavy atom. The normalized spacial score (nSPS) is 10.6. The van der Waals surface area contributed by atoms with E-state index in [1.165, 1.54) is 6.07 Å². The molecule has 0 aromatic heterocycles. The Kier molecular flexibility index (Phi) is 5.69. The number of halogens is 2. The van der Waals surface area contributed by atoms with Gasteiger partial charge in [0.25, 0.3) is 6.43 Å². The molecule has 0 saturated heterocycles. The molecule has 0 aliphatic carbocycles. The van der Waals surface area contributed by atoms with Crippen molar-refractivity contribution in [2.45, 2.75) is 26.4 Å². The van der Waals surface area contributed by atoms with E-state index >= 15 is 0 Å². The lowest BCUT2D eigenvalue weighted by molar-refractivity contribution is 0.0804. The fourth-order valence-corrected chi connectivity index (χ4v) is 1.26. The van der Waals surface area contributed by atoms with Gasteiger partial charge in [-0.1, -0.05) is 6.92 Å². The highest BCUT2D eigenvalue weighted by Gasteiger charge is 2.09. The Bertz CT molecular complexity index is 343. The number of ether oxygens (including phenoxy) is 2. The maximum atomic E-state index is 12.0. The number of benzene rings is 1. The summed E-state index contributed by atoms with van der Waals surface area (Å²) in [6, 6.07) is 4.80. The molecule has 3 nitrogen and oxygen atoms in total. The van der Waals surface area contributed by atoms with E-state index in [2.05, 4.69) is 0 Å². The van der Waals surface area contributed by atoms with Gasteiger partial charge in [0.15, 0.2) is 0 Å². The highest BCUT2D eigenvalue weighted by molar-refractivity contribution is 5.40. The summed E-state index contributed by atoms with van der Waals surface area (Å²) < 4.78 is 34.4. The fraction of sp³-hybridized carbons (Fsp3) is 0.500. The van der Waals surface area contributed by atoms with Crippen LogP contribution in [0.4, 0.5) is 8.78 Å². The first-order chi connectivity index (χ1) is 8.17. The Labute approximate surface area is 99.0 Å². The van der Waals surface area contributed by atoms with E-state index in [0.29, 0.717) is 17.9 Å². The Balaban J connectivity index is 2.75. The summed E-state index contributed by atoms with van der Waals surface area (Å²) in [6.45, 7) is 1.57.